The molecule has 0 atom stereocenters. The number of anilines is 1. The Morgan fingerprint density at radius 1 is 1.33 bits per heavy atom. The lowest BCUT2D eigenvalue weighted by Crippen LogP contribution is -2.17. The maximum absolute atomic E-state index is 11.4. The third-order valence-electron chi connectivity index (χ3n) is 2.39. The van der Waals surface area contributed by atoms with E-state index in [4.69, 9.17) is 5.73 Å². The van der Waals surface area contributed by atoms with Gasteiger partial charge in [-0.2, -0.15) is 0 Å². The van der Waals surface area contributed by atoms with Gasteiger partial charge in [-0.25, -0.2) is 4.98 Å². The summed E-state index contributed by atoms with van der Waals surface area (Å²) in [6, 6.07) is 7.34. The largest absolute Gasteiger partial charge is 0.375 e. The number of amides is 1. The molecule has 1 aromatic heterocycles. The van der Waals surface area contributed by atoms with Crippen molar-refractivity contribution in [3.63, 3.8) is 0 Å². The lowest BCUT2D eigenvalue weighted by Gasteiger charge is -1.99. The first-order valence-electron chi connectivity index (χ1n) is 5.40. The van der Waals surface area contributed by atoms with Crippen LogP contribution >= 0.6 is 11.3 Å². The van der Waals surface area contributed by atoms with Crippen molar-refractivity contribution in [2.24, 2.45) is 0 Å². The second kappa shape index (κ2) is 5.46. The number of nitrogens with one attached hydrogen (secondary N) is 1. The number of hydrogen-bond donors (Lipinski definition) is 2. The molecule has 1 heterocycles. The zero-order chi connectivity index (χ0) is 13.0. The van der Waals surface area contributed by atoms with E-state index in [1.807, 2.05) is 29.7 Å². The van der Waals surface area contributed by atoms with Gasteiger partial charge in [-0.3, -0.25) is 4.79 Å². The predicted molar refractivity (Wildman–Crippen MR) is 75.3 cm³/mol. The molecular formula is C13H13N3OS. The van der Waals surface area contributed by atoms with Gasteiger partial charge in [-0.1, -0.05) is 18.2 Å². The standard InChI is InChI=1S/C13H13N3OS/c1-15-12(17)10-5-2-9(3-6-10)4-7-11-8-18-13(14)16-11/h2-8H,1H3,(H2,14,16)(H,15,17). The van der Waals surface area contributed by atoms with E-state index in [2.05, 4.69) is 10.3 Å². The summed E-state index contributed by atoms with van der Waals surface area (Å²) in [5, 5.41) is 5.04. The van der Waals surface area contributed by atoms with Crippen molar-refractivity contribution in [1.29, 1.82) is 0 Å². The van der Waals surface area contributed by atoms with Crippen molar-refractivity contribution in [3.05, 3.63) is 46.5 Å². The van der Waals surface area contributed by atoms with Crippen LogP contribution < -0.4 is 11.1 Å². The molecule has 0 aliphatic heterocycles. The summed E-state index contributed by atoms with van der Waals surface area (Å²) >= 11 is 1.41. The summed E-state index contributed by atoms with van der Waals surface area (Å²) < 4.78 is 0. The molecule has 0 fully saturated rings. The van der Waals surface area contributed by atoms with Gasteiger partial charge >= 0.3 is 0 Å². The number of thiazole rings is 1. The highest BCUT2D eigenvalue weighted by atomic mass is 32.1. The first kappa shape index (κ1) is 12.3. The van der Waals surface area contributed by atoms with E-state index in [1.54, 1.807) is 19.2 Å². The maximum Gasteiger partial charge on any atom is 0.251 e. The number of hydrogen-bond acceptors (Lipinski definition) is 4. The topological polar surface area (TPSA) is 68.0 Å². The van der Waals surface area contributed by atoms with Crippen molar-refractivity contribution in [2.45, 2.75) is 0 Å². The minimum absolute atomic E-state index is 0.0854. The Kier molecular flexibility index (Phi) is 3.74. The van der Waals surface area contributed by atoms with Crippen LogP contribution in [0.15, 0.2) is 29.6 Å². The van der Waals surface area contributed by atoms with Gasteiger partial charge in [-0.05, 0) is 23.8 Å². The van der Waals surface area contributed by atoms with Crippen molar-refractivity contribution in [3.8, 4) is 0 Å². The summed E-state index contributed by atoms with van der Waals surface area (Å²) in [6.45, 7) is 0. The molecule has 5 heteroatoms. The average Bonchev–Trinajstić information content (AvgIpc) is 2.82. The van der Waals surface area contributed by atoms with Crippen LogP contribution in [0.4, 0.5) is 5.13 Å². The van der Waals surface area contributed by atoms with Crippen molar-refractivity contribution in [1.82, 2.24) is 10.3 Å². The number of carbonyl (C=O) groups excluding carboxylic acids is 1. The van der Waals surface area contributed by atoms with Gasteiger partial charge < -0.3 is 11.1 Å². The van der Waals surface area contributed by atoms with Crippen LogP contribution in [-0.2, 0) is 0 Å². The van der Waals surface area contributed by atoms with Gasteiger partial charge in [0.25, 0.3) is 5.91 Å². The Balaban J connectivity index is 2.11. The van der Waals surface area contributed by atoms with E-state index in [1.165, 1.54) is 11.3 Å². The molecule has 0 spiro atoms. The molecule has 18 heavy (non-hydrogen) atoms. The quantitative estimate of drug-likeness (QED) is 0.888. The number of nitrogens with two attached hydrogens (primary N) is 1. The van der Waals surface area contributed by atoms with Crippen molar-refractivity contribution in [2.75, 3.05) is 12.8 Å². The molecule has 1 aromatic carbocycles. The Hall–Kier alpha value is -2.14. The fraction of sp³-hybridized carbons (Fsp3) is 0.0769. The van der Waals surface area contributed by atoms with Crippen molar-refractivity contribution < 1.29 is 4.79 Å². The highest BCUT2D eigenvalue weighted by Crippen LogP contribution is 2.14. The van der Waals surface area contributed by atoms with Gasteiger partial charge in [0.2, 0.25) is 0 Å². The second-order valence-corrected chi connectivity index (χ2v) is 4.53. The van der Waals surface area contributed by atoms with Crippen LogP contribution in [0.1, 0.15) is 21.6 Å². The van der Waals surface area contributed by atoms with E-state index in [9.17, 15) is 4.79 Å². The summed E-state index contributed by atoms with van der Waals surface area (Å²) in [7, 11) is 1.61. The molecule has 0 aliphatic carbocycles. The van der Waals surface area contributed by atoms with Crippen LogP contribution in [0.25, 0.3) is 12.2 Å². The number of rotatable bonds is 3. The molecule has 92 valence electrons. The molecule has 0 radical (unpaired) electrons. The highest BCUT2D eigenvalue weighted by Gasteiger charge is 2.01. The summed E-state index contributed by atoms with van der Waals surface area (Å²) in [4.78, 5) is 15.5. The van der Waals surface area contributed by atoms with Crippen LogP contribution in [0.5, 0.6) is 0 Å². The molecule has 0 aliphatic rings. The molecule has 0 bridgehead atoms. The Morgan fingerprint density at radius 2 is 2.06 bits per heavy atom. The molecule has 2 rings (SSSR count). The highest BCUT2D eigenvalue weighted by molar-refractivity contribution is 7.13. The van der Waals surface area contributed by atoms with E-state index in [0.29, 0.717) is 10.7 Å². The third kappa shape index (κ3) is 2.95. The van der Waals surface area contributed by atoms with E-state index < -0.39 is 0 Å². The summed E-state index contributed by atoms with van der Waals surface area (Å²) in [5.74, 6) is -0.0854. The number of nitrogen functional groups attached to an aromatic ring is 1. The molecular weight excluding hydrogens is 246 g/mol. The SMILES string of the molecule is CNC(=O)c1ccc(C=Cc2csc(N)n2)cc1. The molecule has 0 saturated heterocycles. The van der Waals surface area contributed by atoms with Crippen LogP contribution in [0, 0.1) is 0 Å². The zero-order valence-corrected chi connectivity index (χ0v) is 10.7. The Labute approximate surface area is 109 Å². The van der Waals surface area contributed by atoms with Gasteiger partial charge in [-0.15, -0.1) is 11.3 Å². The molecule has 3 N–H and O–H groups in total. The minimum atomic E-state index is -0.0854. The summed E-state index contributed by atoms with van der Waals surface area (Å²) in [5.41, 5.74) is 8.04. The van der Waals surface area contributed by atoms with Gasteiger partial charge in [0.15, 0.2) is 5.13 Å². The molecule has 1 amide bonds. The van der Waals surface area contributed by atoms with Gasteiger partial charge in [0.1, 0.15) is 0 Å². The number of nitrogens with zero attached hydrogens (tertiary/aromatic N) is 1. The maximum atomic E-state index is 11.4. The van der Waals surface area contributed by atoms with Gasteiger partial charge in [0.05, 0.1) is 5.69 Å². The minimum Gasteiger partial charge on any atom is -0.375 e. The molecule has 0 unspecified atom stereocenters. The first-order chi connectivity index (χ1) is 8.69. The lowest BCUT2D eigenvalue weighted by atomic mass is 10.1. The normalized spacial score (nSPS) is 10.7. The van der Waals surface area contributed by atoms with Crippen LogP contribution in [0.2, 0.25) is 0 Å². The van der Waals surface area contributed by atoms with Crippen LogP contribution in [-0.4, -0.2) is 17.9 Å². The first-order valence-corrected chi connectivity index (χ1v) is 6.28. The Bertz CT molecular complexity index is 572. The zero-order valence-electron chi connectivity index (χ0n) is 9.88. The number of carbonyl (C=O) groups is 1. The molecule has 4 nitrogen and oxygen atoms in total. The average molecular weight is 259 g/mol. The van der Waals surface area contributed by atoms with Crippen molar-refractivity contribution >= 4 is 34.5 Å². The fourth-order valence-corrected chi connectivity index (χ4v) is 1.98. The number of aromatic nitrogens is 1. The van der Waals surface area contributed by atoms with E-state index >= 15 is 0 Å². The second-order valence-electron chi connectivity index (χ2n) is 3.65. The fourth-order valence-electron chi connectivity index (χ4n) is 1.45. The smallest absolute Gasteiger partial charge is 0.251 e. The molecule has 2 aromatic rings. The van der Waals surface area contributed by atoms with E-state index in [-0.39, 0.29) is 5.91 Å². The van der Waals surface area contributed by atoms with Crippen LogP contribution in [0.3, 0.4) is 0 Å². The Morgan fingerprint density at radius 3 is 2.61 bits per heavy atom. The predicted octanol–water partition coefficient (Wildman–Crippen LogP) is 2.26. The number of benzene rings is 1. The summed E-state index contributed by atoms with van der Waals surface area (Å²) in [6.07, 6.45) is 3.82. The third-order valence-corrected chi connectivity index (χ3v) is 3.08. The van der Waals surface area contributed by atoms with E-state index in [0.717, 1.165) is 11.3 Å². The molecule has 0 saturated carbocycles. The monoisotopic (exact) mass is 259 g/mol. The lowest BCUT2D eigenvalue weighted by molar-refractivity contribution is 0.0963. The van der Waals surface area contributed by atoms with Gasteiger partial charge in [0, 0.05) is 18.0 Å².